The molecule has 2 saturated heterocycles. The van der Waals surface area contributed by atoms with Crippen LogP contribution in [-0.4, -0.2) is 25.0 Å². The van der Waals surface area contributed by atoms with E-state index < -0.39 is 0 Å². The van der Waals surface area contributed by atoms with Crippen molar-refractivity contribution in [2.75, 3.05) is 13.1 Å². The van der Waals surface area contributed by atoms with Crippen LogP contribution in [0.15, 0.2) is 0 Å². The van der Waals surface area contributed by atoms with E-state index in [1.165, 1.54) is 0 Å². The average molecular weight is 140 g/mol. The second-order valence-electron chi connectivity index (χ2n) is 3.58. The van der Waals surface area contributed by atoms with E-state index in [1.807, 2.05) is 0 Å². The molecule has 2 aliphatic rings. The van der Waals surface area contributed by atoms with Crippen molar-refractivity contribution in [3.05, 3.63) is 0 Å². The predicted molar refractivity (Wildman–Crippen MR) is 37.5 cm³/mol. The van der Waals surface area contributed by atoms with Crippen molar-refractivity contribution in [3.8, 4) is 0 Å². The topological polar surface area (TPSA) is 41.1 Å². The van der Waals surface area contributed by atoms with Crippen LogP contribution in [0.4, 0.5) is 0 Å². The smallest absolute Gasteiger partial charge is 0.220 e. The molecule has 2 rings (SSSR count). The number of hydrogen-bond acceptors (Lipinski definition) is 2. The fourth-order valence-corrected chi connectivity index (χ4v) is 1.89. The van der Waals surface area contributed by atoms with Crippen molar-refractivity contribution in [3.63, 3.8) is 0 Å². The van der Waals surface area contributed by atoms with E-state index in [9.17, 15) is 4.79 Å². The second kappa shape index (κ2) is 1.72. The number of nitrogens with one attached hydrogen (secondary N) is 2. The zero-order valence-corrected chi connectivity index (χ0v) is 6.11. The number of amides is 1. The summed E-state index contributed by atoms with van der Waals surface area (Å²) < 4.78 is 0. The first kappa shape index (κ1) is 6.16. The van der Waals surface area contributed by atoms with Gasteiger partial charge in [0.05, 0.1) is 0 Å². The van der Waals surface area contributed by atoms with Gasteiger partial charge in [-0.1, -0.05) is 6.92 Å². The summed E-state index contributed by atoms with van der Waals surface area (Å²) in [5, 5.41) is 6.23. The minimum absolute atomic E-state index is 0.205. The Labute approximate surface area is 60.2 Å². The number of rotatable bonds is 0. The van der Waals surface area contributed by atoms with E-state index in [0.717, 1.165) is 13.1 Å². The molecule has 0 aromatic rings. The Bertz CT molecular complexity index is 180. The van der Waals surface area contributed by atoms with Gasteiger partial charge in [0.2, 0.25) is 5.91 Å². The Balaban J connectivity index is 2.22. The molecule has 2 fully saturated rings. The molecule has 2 N–H and O–H groups in total. The summed E-state index contributed by atoms with van der Waals surface area (Å²) in [4.78, 5) is 10.9. The summed E-state index contributed by atoms with van der Waals surface area (Å²) in [7, 11) is 0. The highest BCUT2D eigenvalue weighted by molar-refractivity contribution is 5.80. The average Bonchev–Trinajstić information content (AvgIpc) is 2.20. The lowest BCUT2D eigenvalue weighted by Crippen LogP contribution is -2.33. The SMILES string of the molecule is CC12CNCC1NC(=O)C2. The fraction of sp³-hybridized carbons (Fsp3) is 0.857. The van der Waals surface area contributed by atoms with Gasteiger partial charge in [-0.2, -0.15) is 0 Å². The van der Waals surface area contributed by atoms with Crippen LogP contribution < -0.4 is 10.6 Å². The summed E-state index contributed by atoms with van der Waals surface area (Å²) in [6.45, 7) is 4.09. The van der Waals surface area contributed by atoms with Gasteiger partial charge in [-0.15, -0.1) is 0 Å². The molecule has 0 spiro atoms. The molecule has 0 aromatic heterocycles. The van der Waals surface area contributed by atoms with Crippen LogP contribution in [0.3, 0.4) is 0 Å². The molecule has 3 nitrogen and oxygen atoms in total. The van der Waals surface area contributed by atoms with Crippen LogP contribution in [0.25, 0.3) is 0 Å². The van der Waals surface area contributed by atoms with Crippen LogP contribution in [0.2, 0.25) is 0 Å². The summed E-state index contributed by atoms with van der Waals surface area (Å²) in [6.07, 6.45) is 0.699. The van der Waals surface area contributed by atoms with Crippen molar-refractivity contribution in [1.82, 2.24) is 10.6 Å². The van der Waals surface area contributed by atoms with Gasteiger partial charge in [0.15, 0.2) is 0 Å². The van der Waals surface area contributed by atoms with Gasteiger partial charge in [-0.05, 0) is 0 Å². The standard InChI is InChI=1S/C7H12N2O/c1-7-2-6(10)9-5(7)3-8-4-7/h5,8H,2-4H2,1H3,(H,9,10). The third-order valence-corrected chi connectivity index (χ3v) is 2.62. The van der Waals surface area contributed by atoms with E-state index in [0.29, 0.717) is 12.5 Å². The first-order valence-corrected chi connectivity index (χ1v) is 3.71. The Hall–Kier alpha value is -0.570. The largest absolute Gasteiger partial charge is 0.351 e. The highest BCUT2D eigenvalue weighted by Crippen LogP contribution is 2.33. The fourth-order valence-electron chi connectivity index (χ4n) is 1.89. The van der Waals surface area contributed by atoms with Gasteiger partial charge >= 0.3 is 0 Å². The molecule has 2 heterocycles. The molecule has 0 saturated carbocycles. The van der Waals surface area contributed by atoms with Gasteiger partial charge in [0.1, 0.15) is 0 Å². The Morgan fingerprint density at radius 1 is 1.70 bits per heavy atom. The third kappa shape index (κ3) is 0.669. The zero-order chi connectivity index (χ0) is 7.19. The molecule has 56 valence electrons. The summed E-state index contributed by atoms with van der Waals surface area (Å²) in [6, 6.07) is 0.389. The van der Waals surface area contributed by atoms with Crippen molar-refractivity contribution in [2.24, 2.45) is 5.41 Å². The summed E-state index contributed by atoms with van der Waals surface area (Å²) in [5.41, 5.74) is 0.205. The molecule has 2 aliphatic heterocycles. The Morgan fingerprint density at radius 3 is 3.20 bits per heavy atom. The molecular formula is C7H12N2O. The van der Waals surface area contributed by atoms with Crippen LogP contribution >= 0.6 is 0 Å². The Morgan fingerprint density at radius 2 is 2.50 bits per heavy atom. The molecule has 2 atom stereocenters. The van der Waals surface area contributed by atoms with Crippen molar-refractivity contribution in [2.45, 2.75) is 19.4 Å². The Kier molecular flexibility index (Phi) is 1.06. The highest BCUT2D eigenvalue weighted by Gasteiger charge is 2.46. The lowest BCUT2D eigenvalue weighted by molar-refractivity contribution is -0.119. The monoisotopic (exact) mass is 140 g/mol. The van der Waals surface area contributed by atoms with Crippen molar-refractivity contribution < 1.29 is 4.79 Å². The summed E-state index contributed by atoms with van der Waals surface area (Å²) >= 11 is 0. The molecule has 0 bridgehead atoms. The molecule has 10 heavy (non-hydrogen) atoms. The quantitative estimate of drug-likeness (QED) is 0.475. The molecule has 3 heteroatoms. The summed E-state index contributed by atoms with van der Waals surface area (Å²) in [5.74, 6) is 0.217. The van der Waals surface area contributed by atoms with Crippen LogP contribution in [0.5, 0.6) is 0 Å². The zero-order valence-electron chi connectivity index (χ0n) is 6.11. The number of carbonyl (C=O) groups is 1. The van der Waals surface area contributed by atoms with Gasteiger partial charge in [-0.25, -0.2) is 0 Å². The lowest BCUT2D eigenvalue weighted by atomic mass is 9.86. The molecule has 0 aliphatic carbocycles. The first-order chi connectivity index (χ1) is 4.71. The normalized spacial score (nSPS) is 45.3. The number of fused-ring (bicyclic) bond motifs is 1. The lowest BCUT2D eigenvalue weighted by Gasteiger charge is -2.19. The van der Waals surface area contributed by atoms with Gasteiger partial charge in [0.25, 0.3) is 0 Å². The van der Waals surface area contributed by atoms with E-state index in [2.05, 4.69) is 17.6 Å². The molecule has 0 aromatic carbocycles. The van der Waals surface area contributed by atoms with E-state index >= 15 is 0 Å². The maximum Gasteiger partial charge on any atom is 0.220 e. The first-order valence-electron chi connectivity index (χ1n) is 3.71. The number of carbonyl (C=O) groups excluding carboxylic acids is 1. The van der Waals surface area contributed by atoms with Crippen LogP contribution in [0.1, 0.15) is 13.3 Å². The highest BCUT2D eigenvalue weighted by atomic mass is 16.2. The molecule has 1 amide bonds. The minimum Gasteiger partial charge on any atom is -0.351 e. The van der Waals surface area contributed by atoms with E-state index in [-0.39, 0.29) is 11.3 Å². The van der Waals surface area contributed by atoms with Gasteiger partial charge in [-0.3, -0.25) is 4.79 Å². The third-order valence-electron chi connectivity index (χ3n) is 2.62. The minimum atomic E-state index is 0.205. The van der Waals surface area contributed by atoms with E-state index in [1.54, 1.807) is 0 Å². The van der Waals surface area contributed by atoms with Crippen molar-refractivity contribution >= 4 is 5.91 Å². The maximum absolute atomic E-state index is 10.9. The maximum atomic E-state index is 10.9. The predicted octanol–water partition coefficient (Wildman–Crippen LogP) is -0.516. The second-order valence-corrected chi connectivity index (χ2v) is 3.58. The number of hydrogen-bond donors (Lipinski definition) is 2. The molecule has 0 radical (unpaired) electrons. The van der Waals surface area contributed by atoms with Crippen LogP contribution in [-0.2, 0) is 4.79 Å². The van der Waals surface area contributed by atoms with Crippen LogP contribution in [0, 0.1) is 5.41 Å². The molecule has 2 unspecified atom stereocenters. The van der Waals surface area contributed by atoms with Gasteiger partial charge in [0, 0.05) is 31.0 Å². The van der Waals surface area contributed by atoms with Crippen molar-refractivity contribution in [1.29, 1.82) is 0 Å². The van der Waals surface area contributed by atoms with E-state index in [4.69, 9.17) is 0 Å². The van der Waals surface area contributed by atoms with Gasteiger partial charge < -0.3 is 10.6 Å². The molecular weight excluding hydrogens is 128 g/mol.